The van der Waals surface area contributed by atoms with E-state index in [1.807, 2.05) is 18.2 Å². The zero-order valence-corrected chi connectivity index (χ0v) is 9.50. The van der Waals surface area contributed by atoms with E-state index < -0.39 is 0 Å². The van der Waals surface area contributed by atoms with Gasteiger partial charge in [0.15, 0.2) is 0 Å². The molecule has 2 aromatic rings. The summed E-state index contributed by atoms with van der Waals surface area (Å²) in [6.07, 6.45) is 4.69. The molecule has 0 aliphatic heterocycles. The van der Waals surface area contributed by atoms with E-state index in [1.165, 1.54) is 0 Å². The normalized spacial score (nSPS) is 17.0. The lowest BCUT2D eigenvalue weighted by molar-refractivity contribution is 0.469. The van der Waals surface area contributed by atoms with E-state index in [1.54, 1.807) is 23.0 Å². The Morgan fingerprint density at radius 3 is 2.76 bits per heavy atom. The van der Waals surface area contributed by atoms with Crippen molar-refractivity contribution in [1.29, 1.82) is 0 Å². The number of benzene rings is 1. The predicted molar refractivity (Wildman–Crippen MR) is 65.1 cm³/mol. The van der Waals surface area contributed by atoms with Crippen molar-refractivity contribution in [3.05, 3.63) is 42.2 Å². The van der Waals surface area contributed by atoms with Crippen LogP contribution in [0.1, 0.15) is 18.5 Å². The molecule has 0 bridgehead atoms. The van der Waals surface area contributed by atoms with Crippen LogP contribution < -0.4 is 5.73 Å². The molecular weight excluding hydrogens is 214 g/mol. The third-order valence-electron chi connectivity index (χ3n) is 3.26. The van der Waals surface area contributed by atoms with Crippen molar-refractivity contribution >= 4 is 0 Å². The minimum Gasteiger partial charge on any atom is -0.506 e. The number of phenolic OH excluding ortho intramolecular Hbond substituents is 1. The predicted octanol–water partition coefficient (Wildman–Crippen LogP) is 1.61. The first-order chi connectivity index (χ1) is 8.18. The molecule has 0 atom stereocenters. The lowest BCUT2D eigenvalue weighted by Gasteiger charge is -2.12. The second kappa shape index (κ2) is 3.60. The molecule has 1 saturated carbocycles. The van der Waals surface area contributed by atoms with Crippen molar-refractivity contribution in [1.82, 2.24) is 9.78 Å². The first-order valence-electron chi connectivity index (χ1n) is 5.78. The quantitative estimate of drug-likeness (QED) is 0.840. The SMILES string of the molecule is NC1(Cc2ccnn2-c2ccccc2O)CC1. The smallest absolute Gasteiger partial charge is 0.141 e. The monoisotopic (exact) mass is 229 g/mol. The lowest BCUT2D eigenvalue weighted by atomic mass is 10.1. The van der Waals surface area contributed by atoms with Crippen LogP contribution in [0, 0.1) is 0 Å². The summed E-state index contributed by atoms with van der Waals surface area (Å²) in [7, 11) is 0. The third kappa shape index (κ3) is 1.91. The van der Waals surface area contributed by atoms with Gasteiger partial charge in [0.05, 0.1) is 0 Å². The van der Waals surface area contributed by atoms with E-state index in [0.717, 1.165) is 25.0 Å². The van der Waals surface area contributed by atoms with Gasteiger partial charge in [-0.25, -0.2) is 4.68 Å². The number of hydrogen-bond donors (Lipinski definition) is 2. The number of nitrogens with zero attached hydrogens (tertiary/aromatic N) is 2. The van der Waals surface area contributed by atoms with Crippen LogP contribution in [0.2, 0.25) is 0 Å². The lowest BCUT2D eigenvalue weighted by Crippen LogP contribution is -2.25. The van der Waals surface area contributed by atoms with Gasteiger partial charge in [-0.05, 0) is 31.0 Å². The van der Waals surface area contributed by atoms with Gasteiger partial charge in [-0.1, -0.05) is 12.1 Å². The molecular formula is C13H15N3O. The van der Waals surface area contributed by atoms with E-state index in [2.05, 4.69) is 5.10 Å². The highest BCUT2D eigenvalue weighted by atomic mass is 16.3. The summed E-state index contributed by atoms with van der Waals surface area (Å²) in [5, 5.41) is 14.1. The molecule has 0 saturated heterocycles. The molecule has 1 aromatic heterocycles. The first kappa shape index (κ1) is 10.4. The van der Waals surface area contributed by atoms with Gasteiger partial charge in [-0.3, -0.25) is 0 Å². The summed E-state index contributed by atoms with van der Waals surface area (Å²) in [6, 6.07) is 9.15. The van der Waals surface area contributed by atoms with Crippen LogP contribution in [-0.2, 0) is 6.42 Å². The fourth-order valence-corrected chi connectivity index (χ4v) is 2.02. The number of phenols is 1. The zero-order chi connectivity index (χ0) is 11.9. The number of rotatable bonds is 3. The van der Waals surface area contributed by atoms with Crippen molar-refractivity contribution in [3.63, 3.8) is 0 Å². The first-order valence-corrected chi connectivity index (χ1v) is 5.78. The summed E-state index contributed by atoms with van der Waals surface area (Å²) >= 11 is 0. The molecule has 1 heterocycles. The van der Waals surface area contributed by atoms with E-state index in [0.29, 0.717) is 5.69 Å². The molecule has 0 spiro atoms. The minimum atomic E-state index is -0.0534. The Morgan fingerprint density at radius 1 is 1.29 bits per heavy atom. The fourth-order valence-electron chi connectivity index (χ4n) is 2.02. The maximum atomic E-state index is 9.83. The van der Waals surface area contributed by atoms with Gasteiger partial charge in [0, 0.05) is 23.9 Å². The van der Waals surface area contributed by atoms with Crippen LogP contribution in [0.15, 0.2) is 36.5 Å². The molecule has 0 radical (unpaired) electrons. The van der Waals surface area contributed by atoms with Crippen LogP contribution >= 0.6 is 0 Å². The fraction of sp³-hybridized carbons (Fsp3) is 0.308. The molecule has 0 amide bonds. The van der Waals surface area contributed by atoms with E-state index in [4.69, 9.17) is 5.73 Å². The van der Waals surface area contributed by atoms with E-state index >= 15 is 0 Å². The Bertz CT molecular complexity index is 543. The van der Waals surface area contributed by atoms with E-state index in [-0.39, 0.29) is 11.3 Å². The molecule has 0 unspecified atom stereocenters. The highest BCUT2D eigenvalue weighted by molar-refractivity contribution is 5.45. The van der Waals surface area contributed by atoms with E-state index in [9.17, 15) is 5.11 Å². The summed E-state index contributed by atoms with van der Waals surface area (Å²) in [5.41, 5.74) is 7.82. The van der Waals surface area contributed by atoms with Crippen LogP contribution in [0.5, 0.6) is 5.75 Å². The summed E-state index contributed by atoms with van der Waals surface area (Å²) in [6.45, 7) is 0. The zero-order valence-electron chi connectivity index (χ0n) is 9.50. The number of para-hydroxylation sites is 2. The Labute approximate surface area is 99.7 Å². The Morgan fingerprint density at radius 2 is 2.06 bits per heavy atom. The highest BCUT2D eigenvalue weighted by Crippen LogP contribution is 2.36. The second-order valence-corrected chi connectivity index (χ2v) is 4.76. The Kier molecular flexibility index (Phi) is 2.19. The van der Waals surface area contributed by atoms with Crippen LogP contribution in [0.4, 0.5) is 0 Å². The average Bonchev–Trinajstić information content (AvgIpc) is 2.87. The summed E-state index contributed by atoms with van der Waals surface area (Å²) in [4.78, 5) is 0. The molecule has 4 nitrogen and oxygen atoms in total. The summed E-state index contributed by atoms with van der Waals surface area (Å²) in [5.74, 6) is 0.235. The van der Waals surface area contributed by atoms with Crippen LogP contribution in [0.25, 0.3) is 5.69 Å². The number of aromatic nitrogens is 2. The number of hydrogen-bond acceptors (Lipinski definition) is 3. The number of aromatic hydroxyl groups is 1. The van der Waals surface area contributed by atoms with Crippen LogP contribution in [-0.4, -0.2) is 20.4 Å². The van der Waals surface area contributed by atoms with Gasteiger partial charge in [0.2, 0.25) is 0 Å². The molecule has 1 fully saturated rings. The summed E-state index contributed by atoms with van der Waals surface area (Å²) < 4.78 is 1.77. The standard InChI is InChI=1S/C13H15N3O/c14-13(6-7-13)9-10-5-8-15-16(10)11-3-1-2-4-12(11)17/h1-5,8,17H,6-7,9,14H2. The molecule has 3 rings (SSSR count). The van der Waals surface area contributed by atoms with Crippen molar-refractivity contribution < 1.29 is 5.11 Å². The molecule has 4 heteroatoms. The van der Waals surface area contributed by atoms with Crippen molar-refractivity contribution in [2.45, 2.75) is 24.8 Å². The van der Waals surface area contributed by atoms with Crippen molar-refractivity contribution in [2.24, 2.45) is 5.73 Å². The number of nitrogens with two attached hydrogens (primary N) is 1. The minimum absolute atomic E-state index is 0.0534. The second-order valence-electron chi connectivity index (χ2n) is 4.76. The molecule has 1 aliphatic carbocycles. The topological polar surface area (TPSA) is 64.1 Å². The van der Waals surface area contributed by atoms with Gasteiger partial charge >= 0.3 is 0 Å². The Hall–Kier alpha value is -1.81. The van der Waals surface area contributed by atoms with Gasteiger partial charge < -0.3 is 10.8 Å². The van der Waals surface area contributed by atoms with Gasteiger partial charge in [-0.15, -0.1) is 0 Å². The maximum Gasteiger partial charge on any atom is 0.141 e. The molecule has 1 aliphatic rings. The molecule has 1 aromatic carbocycles. The molecule has 88 valence electrons. The maximum absolute atomic E-state index is 9.83. The van der Waals surface area contributed by atoms with Crippen molar-refractivity contribution in [3.8, 4) is 11.4 Å². The van der Waals surface area contributed by atoms with Gasteiger partial charge in [0.25, 0.3) is 0 Å². The average molecular weight is 229 g/mol. The van der Waals surface area contributed by atoms with Gasteiger partial charge in [-0.2, -0.15) is 5.10 Å². The third-order valence-corrected chi connectivity index (χ3v) is 3.26. The largest absolute Gasteiger partial charge is 0.506 e. The van der Waals surface area contributed by atoms with Gasteiger partial charge in [0.1, 0.15) is 11.4 Å². The van der Waals surface area contributed by atoms with Crippen LogP contribution in [0.3, 0.4) is 0 Å². The molecule has 17 heavy (non-hydrogen) atoms. The molecule has 3 N–H and O–H groups in total. The Balaban J connectivity index is 1.98. The van der Waals surface area contributed by atoms with Crippen molar-refractivity contribution in [2.75, 3.05) is 0 Å². The highest BCUT2D eigenvalue weighted by Gasteiger charge is 2.39.